The Kier molecular flexibility index (Phi) is 7.83. The zero-order valence-electron chi connectivity index (χ0n) is 5.91. The highest BCUT2D eigenvalue weighted by Gasteiger charge is 2.00. The summed E-state index contributed by atoms with van der Waals surface area (Å²) in [6.07, 6.45) is 2.55. The van der Waals surface area contributed by atoms with Crippen LogP contribution in [0.1, 0.15) is 12.8 Å². The number of carbonyl (C=O) groups is 1. The molecule has 5 heteroatoms. The SMILES string of the molecule is O=[C]COC(=O)CCCSS. The quantitative estimate of drug-likeness (QED) is 0.296. The van der Waals surface area contributed by atoms with Gasteiger partial charge in [-0.3, -0.25) is 9.59 Å². The van der Waals surface area contributed by atoms with Gasteiger partial charge in [0.15, 0.2) is 6.61 Å². The van der Waals surface area contributed by atoms with E-state index in [1.54, 1.807) is 0 Å². The smallest absolute Gasteiger partial charge is 0.306 e. The number of ether oxygens (including phenoxy) is 1. The van der Waals surface area contributed by atoms with Gasteiger partial charge in [-0.05, 0) is 6.42 Å². The third-order valence-electron chi connectivity index (χ3n) is 0.909. The standard InChI is InChI=1S/C6H9O3S2/c7-3-4-9-6(8)2-1-5-11-10/h10H,1-2,4-5H2. The molecule has 63 valence electrons. The Bertz CT molecular complexity index is 127. The maximum absolute atomic E-state index is 10.6. The Hall–Kier alpha value is -0.160. The first-order valence-corrected chi connectivity index (χ1v) is 5.12. The summed E-state index contributed by atoms with van der Waals surface area (Å²) in [5.74, 6) is 0.457. The fourth-order valence-electron chi connectivity index (χ4n) is 0.463. The first kappa shape index (κ1) is 10.8. The Balaban J connectivity index is 3.15. The molecule has 0 unspecified atom stereocenters. The minimum atomic E-state index is -0.351. The molecule has 0 saturated heterocycles. The predicted octanol–water partition coefficient (Wildman–Crippen LogP) is 0.997. The van der Waals surface area contributed by atoms with E-state index in [0.29, 0.717) is 6.42 Å². The molecular weight excluding hydrogens is 184 g/mol. The lowest BCUT2D eigenvalue weighted by Gasteiger charge is -1.97. The Morgan fingerprint density at radius 3 is 2.91 bits per heavy atom. The van der Waals surface area contributed by atoms with Gasteiger partial charge in [-0.2, -0.15) is 0 Å². The predicted molar refractivity (Wildman–Crippen MR) is 47.3 cm³/mol. The third kappa shape index (κ3) is 7.74. The van der Waals surface area contributed by atoms with Crippen LogP contribution in [-0.4, -0.2) is 24.6 Å². The second-order valence-corrected chi connectivity index (χ2v) is 3.18. The number of carbonyl (C=O) groups excluding carboxylic acids is 2. The van der Waals surface area contributed by atoms with E-state index in [1.807, 2.05) is 0 Å². The minimum Gasteiger partial charge on any atom is -0.457 e. The van der Waals surface area contributed by atoms with E-state index < -0.39 is 0 Å². The molecule has 11 heavy (non-hydrogen) atoms. The van der Waals surface area contributed by atoms with Gasteiger partial charge in [-0.1, -0.05) is 10.8 Å². The molecule has 0 aliphatic heterocycles. The van der Waals surface area contributed by atoms with Crippen LogP contribution in [0.2, 0.25) is 0 Å². The van der Waals surface area contributed by atoms with Crippen molar-refractivity contribution < 1.29 is 14.3 Å². The molecule has 0 atom stereocenters. The van der Waals surface area contributed by atoms with Gasteiger partial charge in [-0.25, -0.2) is 0 Å². The van der Waals surface area contributed by atoms with Crippen molar-refractivity contribution >= 4 is 34.7 Å². The summed E-state index contributed by atoms with van der Waals surface area (Å²) in [4.78, 5) is 20.3. The van der Waals surface area contributed by atoms with Crippen LogP contribution in [-0.2, 0) is 14.3 Å². The molecule has 0 amide bonds. The van der Waals surface area contributed by atoms with Crippen molar-refractivity contribution in [2.75, 3.05) is 12.4 Å². The monoisotopic (exact) mass is 193 g/mol. The molecule has 0 N–H and O–H groups in total. The molecule has 0 aromatic carbocycles. The topological polar surface area (TPSA) is 43.4 Å². The summed E-state index contributed by atoms with van der Waals surface area (Å²) in [6, 6.07) is 0. The molecule has 0 aromatic rings. The highest BCUT2D eigenvalue weighted by atomic mass is 33.1. The average molecular weight is 193 g/mol. The van der Waals surface area contributed by atoms with Crippen molar-refractivity contribution in [1.29, 1.82) is 0 Å². The van der Waals surface area contributed by atoms with Gasteiger partial charge in [0.1, 0.15) is 0 Å². The number of hydrogen-bond acceptors (Lipinski definition) is 5. The molecular formula is C6H9O3S2. The molecule has 0 bridgehead atoms. The van der Waals surface area contributed by atoms with Gasteiger partial charge in [0.2, 0.25) is 6.29 Å². The maximum atomic E-state index is 10.6. The number of thiol groups is 1. The lowest BCUT2D eigenvalue weighted by Crippen LogP contribution is -2.06. The lowest BCUT2D eigenvalue weighted by atomic mass is 10.3. The maximum Gasteiger partial charge on any atom is 0.306 e. The molecule has 0 rings (SSSR count). The minimum absolute atomic E-state index is 0.257. The van der Waals surface area contributed by atoms with E-state index >= 15 is 0 Å². The molecule has 1 radical (unpaired) electrons. The zero-order valence-corrected chi connectivity index (χ0v) is 7.62. The van der Waals surface area contributed by atoms with Gasteiger partial charge in [0.05, 0.1) is 0 Å². The first-order chi connectivity index (χ1) is 5.31. The summed E-state index contributed by atoms with van der Waals surface area (Å²) >= 11 is 3.90. The second kappa shape index (κ2) is 7.94. The number of hydrogen-bond donors (Lipinski definition) is 1. The van der Waals surface area contributed by atoms with Crippen LogP contribution < -0.4 is 0 Å². The highest BCUT2D eigenvalue weighted by Crippen LogP contribution is 2.07. The van der Waals surface area contributed by atoms with E-state index in [-0.39, 0.29) is 12.6 Å². The van der Waals surface area contributed by atoms with E-state index in [9.17, 15) is 9.59 Å². The van der Waals surface area contributed by atoms with Crippen molar-refractivity contribution in [3.8, 4) is 0 Å². The number of rotatable bonds is 6. The summed E-state index contributed by atoms with van der Waals surface area (Å²) in [5.41, 5.74) is 0. The molecule has 0 aromatic heterocycles. The van der Waals surface area contributed by atoms with Crippen LogP contribution in [0.5, 0.6) is 0 Å². The molecule has 0 saturated carbocycles. The molecule has 3 nitrogen and oxygen atoms in total. The van der Waals surface area contributed by atoms with E-state index in [4.69, 9.17) is 0 Å². The van der Waals surface area contributed by atoms with E-state index in [1.165, 1.54) is 17.1 Å². The van der Waals surface area contributed by atoms with Crippen molar-refractivity contribution in [2.45, 2.75) is 12.8 Å². The third-order valence-corrected chi connectivity index (χ3v) is 1.93. The van der Waals surface area contributed by atoms with Crippen LogP contribution >= 0.6 is 22.5 Å². The summed E-state index contributed by atoms with van der Waals surface area (Å²) in [6.45, 7) is -0.257. The summed E-state index contributed by atoms with van der Waals surface area (Å²) in [5, 5.41) is 0. The van der Waals surface area contributed by atoms with Crippen molar-refractivity contribution in [3.63, 3.8) is 0 Å². The van der Waals surface area contributed by atoms with Gasteiger partial charge in [-0.15, -0.1) is 11.7 Å². The van der Waals surface area contributed by atoms with Gasteiger partial charge in [0.25, 0.3) is 0 Å². The molecule has 0 spiro atoms. The Labute approximate surface area is 74.7 Å². The Morgan fingerprint density at radius 1 is 1.64 bits per heavy atom. The zero-order chi connectivity index (χ0) is 8.53. The normalized spacial score (nSPS) is 9.18. The summed E-state index contributed by atoms with van der Waals surface area (Å²) in [7, 11) is 1.38. The molecule has 0 aliphatic carbocycles. The van der Waals surface area contributed by atoms with Crippen molar-refractivity contribution in [1.82, 2.24) is 0 Å². The molecule has 0 heterocycles. The van der Waals surface area contributed by atoms with E-state index in [2.05, 4.69) is 16.4 Å². The van der Waals surface area contributed by atoms with Gasteiger partial charge in [0, 0.05) is 12.2 Å². The lowest BCUT2D eigenvalue weighted by molar-refractivity contribution is -0.141. The largest absolute Gasteiger partial charge is 0.457 e. The first-order valence-electron chi connectivity index (χ1n) is 3.08. The van der Waals surface area contributed by atoms with E-state index in [0.717, 1.165) is 12.2 Å². The molecule has 0 aliphatic rings. The van der Waals surface area contributed by atoms with Crippen LogP contribution in [0.3, 0.4) is 0 Å². The van der Waals surface area contributed by atoms with Crippen LogP contribution in [0.15, 0.2) is 0 Å². The fourth-order valence-corrected chi connectivity index (χ4v) is 1.12. The highest BCUT2D eigenvalue weighted by molar-refractivity contribution is 8.68. The Morgan fingerprint density at radius 2 is 2.36 bits per heavy atom. The average Bonchev–Trinajstić information content (AvgIpc) is 2.01. The van der Waals surface area contributed by atoms with Crippen LogP contribution in [0, 0.1) is 0 Å². The molecule has 0 fully saturated rings. The van der Waals surface area contributed by atoms with Crippen LogP contribution in [0.25, 0.3) is 0 Å². The van der Waals surface area contributed by atoms with Gasteiger partial charge >= 0.3 is 5.97 Å². The van der Waals surface area contributed by atoms with Crippen LogP contribution in [0.4, 0.5) is 0 Å². The fraction of sp³-hybridized carbons (Fsp3) is 0.667. The summed E-state index contributed by atoms with van der Waals surface area (Å²) < 4.78 is 4.44. The van der Waals surface area contributed by atoms with Crippen molar-refractivity contribution in [3.05, 3.63) is 0 Å². The van der Waals surface area contributed by atoms with Gasteiger partial charge < -0.3 is 4.74 Å². The number of esters is 1. The van der Waals surface area contributed by atoms with Crippen molar-refractivity contribution in [2.24, 2.45) is 0 Å². The second-order valence-electron chi connectivity index (χ2n) is 1.74.